The SMILES string of the molecule is O=C(NCCc1cccs1)c1ccc(Cl)cc1F. The van der Waals surface area contributed by atoms with E-state index in [1.54, 1.807) is 11.3 Å². The molecule has 0 radical (unpaired) electrons. The average Bonchev–Trinajstić information content (AvgIpc) is 2.81. The van der Waals surface area contributed by atoms with Gasteiger partial charge >= 0.3 is 0 Å². The number of amides is 1. The quantitative estimate of drug-likeness (QED) is 0.914. The van der Waals surface area contributed by atoms with E-state index in [0.717, 1.165) is 12.5 Å². The molecular formula is C13H11ClFNOS. The second-order valence-corrected chi connectivity index (χ2v) is 5.18. The zero-order chi connectivity index (χ0) is 13.0. The van der Waals surface area contributed by atoms with E-state index in [1.165, 1.54) is 17.0 Å². The molecule has 94 valence electrons. The Labute approximate surface area is 113 Å². The lowest BCUT2D eigenvalue weighted by Crippen LogP contribution is -2.26. The highest BCUT2D eigenvalue weighted by atomic mass is 35.5. The number of hydrogen-bond acceptors (Lipinski definition) is 2. The maximum Gasteiger partial charge on any atom is 0.254 e. The molecule has 1 N–H and O–H groups in total. The lowest BCUT2D eigenvalue weighted by Gasteiger charge is -2.05. The van der Waals surface area contributed by atoms with E-state index < -0.39 is 11.7 Å². The van der Waals surface area contributed by atoms with Crippen LogP contribution < -0.4 is 5.32 Å². The van der Waals surface area contributed by atoms with Gasteiger partial charge in [-0.25, -0.2) is 4.39 Å². The molecule has 2 aromatic rings. The molecule has 0 saturated carbocycles. The van der Waals surface area contributed by atoms with Crippen LogP contribution in [0.2, 0.25) is 5.02 Å². The van der Waals surface area contributed by atoms with Gasteiger partial charge in [0, 0.05) is 16.4 Å². The van der Waals surface area contributed by atoms with E-state index in [-0.39, 0.29) is 10.6 Å². The third kappa shape index (κ3) is 3.31. The summed E-state index contributed by atoms with van der Waals surface area (Å²) in [6, 6.07) is 7.98. The molecule has 5 heteroatoms. The number of rotatable bonds is 4. The summed E-state index contributed by atoms with van der Waals surface area (Å²) in [4.78, 5) is 12.9. The summed E-state index contributed by atoms with van der Waals surface area (Å²) in [5.41, 5.74) is 0.0191. The van der Waals surface area contributed by atoms with Crippen molar-refractivity contribution in [2.75, 3.05) is 6.54 Å². The molecule has 0 aliphatic heterocycles. The van der Waals surface area contributed by atoms with Crippen molar-refractivity contribution in [3.63, 3.8) is 0 Å². The fourth-order valence-corrected chi connectivity index (χ4v) is 2.39. The molecule has 0 aliphatic rings. The molecule has 18 heavy (non-hydrogen) atoms. The van der Waals surface area contributed by atoms with Crippen molar-refractivity contribution in [2.24, 2.45) is 0 Å². The Bertz CT molecular complexity index is 542. The number of carbonyl (C=O) groups is 1. The van der Waals surface area contributed by atoms with Crippen LogP contribution in [0.5, 0.6) is 0 Å². The van der Waals surface area contributed by atoms with Crippen LogP contribution in [-0.2, 0) is 6.42 Å². The van der Waals surface area contributed by atoms with Gasteiger partial charge in [0.2, 0.25) is 0 Å². The van der Waals surface area contributed by atoms with Crippen molar-refractivity contribution < 1.29 is 9.18 Å². The third-order valence-electron chi connectivity index (χ3n) is 2.41. The Kier molecular flexibility index (Phi) is 4.33. The first kappa shape index (κ1) is 13.1. The largest absolute Gasteiger partial charge is 0.352 e. The fraction of sp³-hybridized carbons (Fsp3) is 0.154. The molecule has 1 aromatic heterocycles. The van der Waals surface area contributed by atoms with Crippen molar-refractivity contribution in [3.8, 4) is 0 Å². The minimum atomic E-state index is -0.601. The second kappa shape index (κ2) is 5.98. The van der Waals surface area contributed by atoms with Crippen molar-refractivity contribution in [3.05, 3.63) is 57.0 Å². The Morgan fingerprint density at radius 2 is 2.22 bits per heavy atom. The van der Waals surface area contributed by atoms with Crippen molar-refractivity contribution in [1.29, 1.82) is 0 Å². The van der Waals surface area contributed by atoms with E-state index in [9.17, 15) is 9.18 Å². The van der Waals surface area contributed by atoms with Gasteiger partial charge in [0.15, 0.2) is 0 Å². The molecular weight excluding hydrogens is 273 g/mol. The zero-order valence-corrected chi connectivity index (χ0v) is 11.0. The maximum atomic E-state index is 13.5. The second-order valence-electron chi connectivity index (χ2n) is 3.71. The summed E-state index contributed by atoms with van der Waals surface area (Å²) in [6.45, 7) is 0.488. The average molecular weight is 284 g/mol. The van der Waals surface area contributed by atoms with Gasteiger partial charge in [-0.05, 0) is 36.1 Å². The van der Waals surface area contributed by atoms with Crippen LogP contribution in [0.1, 0.15) is 15.2 Å². The normalized spacial score (nSPS) is 10.3. The van der Waals surface area contributed by atoms with Gasteiger partial charge in [0.05, 0.1) is 5.56 Å². The summed E-state index contributed by atoms with van der Waals surface area (Å²) in [5, 5.41) is 4.94. The molecule has 1 heterocycles. The topological polar surface area (TPSA) is 29.1 Å². The van der Waals surface area contributed by atoms with Crippen LogP contribution in [0.4, 0.5) is 4.39 Å². The summed E-state index contributed by atoms with van der Waals surface area (Å²) in [5.74, 6) is -1.02. The molecule has 2 nitrogen and oxygen atoms in total. The van der Waals surface area contributed by atoms with Crippen LogP contribution in [0.25, 0.3) is 0 Å². The van der Waals surface area contributed by atoms with Crippen molar-refractivity contribution >= 4 is 28.8 Å². The third-order valence-corrected chi connectivity index (χ3v) is 3.58. The molecule has 2 rings (SSSR count). The summed E-state index contributed by atoms with van der Waals surface area (Å²) >= 11 is 7.26. The van der Waals surface area contributed by atoms with Crippen LogP contribution >= 0.6 is 22.9 Å². The monoisotopic (exact) mass is 283 g/mol. The van der Waals surface area contributed by atoms with Gasteiger partial charge in [0.1, 0.15) is 5.82 Å². The van der Waals surface area contributed by atoms with Crippen LogP contribution in [0.3, 0.4) is 0 Å². The summed E-state index contributed by atoms with van der Waals surface area (Å²) < 4.78 is 13.5. The van der Waals surface area contributed by atoms with E-state index in [0.29, 0.717) is 6.54 Å². The highest BCUT2D eigenvalue weighted by Crippen LogP contribution is 2.14. The number of benzene rings is 1. The molecule has 0 bridgehead atoms. The first-order valence-corrected chi connectivity index (χ1v) is 6.68. The van der Waals surface area contributed by atoms with E-state index in [1.807, 2.05) is 17.5 Å². The number of hydrogen-bond donors (Lipinski definition) is 1. The molecule has 1 amide bonds. The van der Waals surface area contributed by atoms with Gasteiger partial charge in [-0.1, -0.05) is 17.7 Å². The van der Waals surface area contributed by atoms with Gasteiger partial charge in [0.25, 0.3) is 5.91 Å². The Morgan fingerprint density at radius 1 is 1.39 bits per heavy atom. The highest BCUT2D eigenvalue weighted by Gasteiger charge is 2.11. The molecule has 1 aromatic carbocycles. The fourth-order valence-electron chi connectivity index (χ4n) is 1.52. The van der Waals surface area contributed by atoms with Gasteiger partial charge in [-0.3, -0.25) is 4.79 Å². The van der Waals surface area contributed by atoms with Crippen molar-refractivity contribution in [2.45, 2.75) is 6.42 Å². The summed E-state index contributed by atoms with van der Waals surface area (Å²) in [7, 11) is 0. The van der Waals surface area contributed by atoms with Gasteiger partial charge in [-0.15, -0.1) is 11.3 Å². The smallest absolute Gasteiger partial charge is 0.254 e. The minimum Gasteiger partial charge on any atom is -0.352 e. The Balaban J connectivity index is 1.91. The number of nitrogens with one attached hydrogen (secondary N) is 1. The lowest BCUT2D eigenvalue weighted by atomic mass is 10.2. The number of thiophene rings is 1. The molecule has 0 aliphatic carbocycles. The lowest BCUT2D eigenvalue weighted by molar-refractivity contribution is 0.0950. The molecule has 0 unspecified atom stereocenters. The minimum absolute atomic E-state index is 0.0191. The van der Waals surface area contributed by atoms with Crippen LogP contribution in [0.15, 0.2) is 35.7 Å². The Morgan fingerprint density at radius 3 is 2.89 bits per heavy atom. The number of halogens is 2. The molecule has 0 spiro atoms. The van der Waals surface area contributed by atoms with Gasteiger partial charge in [-0.2, -0.15) is 0 Å². The van der Waals surface area contributed by atoms with Crippen LogP contribution in [-0.4, -0.2) is 12.5 Å². The molecule has 0 atom stereocenters. The highest BCUT2D eigenvalue weighted by molar-refractivity contribution is 7.09. The standard InChI is InChI=1S/C13H11ClFNOS/c14-9-3-4-11(12(15)8-9)13(17)16-6-5-10-2-1-7-18-10/h1-4,7-8H,5-6H2,(H,16,17). The first-order chi connectivity index (χ1) is 8.66. The van der Waals surface area contributed by atoms with E-state index in [2.05, 4.69) is 5.32 Å². The molecule has 0 fully saturated rings. The zero-order valence-electron chi connectivity index (χ0n) is 9.45. The first-order valence-electron chi connectivity index (χ1n) is 5.42. The maximum absolute atomic E-state index is 13.5. The van der Waals surface area contributed by atoms with Crippen LogP contribution in [0, 0.1) is 5.82 Å². The molecule has 0 saturated heterocycles. The van der Waals surface area contributed by atoms with Gasteiger partial charge < -0.3 is 5.32 Å². The van der Waals surface area contributed by atoms with Crippen molar-refractivity contribution in [1.82, 2.24) is 5.32 Å². The van der Waals surface area contributed by atoms with E-state index in [4.69, 9.17) is 11.6 Å². The van der Waals surface area contributed by atoms with E-state index >= 15 is 0 Å². The summed E-state index contributed by atoms with van der Waals surface area (Å²) in [6.07, 6.45) is 0.749. The predicted molar refractivity (Wildman–Crippen MR) is 71.8 cm³/mol. The predicted octanol–water partition coefficient (Wildman–Crippen LogP) is 3.51. The number of carbonyl (C=O) groups excluding carboxylic acids is 1. The Hall–Kier alpha value is -1.39.